The highest BCUT2D eigenvalue weighted by atomic mass is 14.6. The molecule has 1 heteroatoms. The second kappa shape index (κ2) is 5.73. The Morgan fingerprint density at radius 1 is 1.24 bits per heavy atom. The molecule has 17 heavy (non-hydrogen) atoms. The second-order valence-electron chi connectivity index (χ2n) is 7.56. The van der Waals surface area contributed by atoms with Crippen LogP contribution in [-0.2, 0) is 0 Å². The van der Waals surface area contributed by atoms with Crippen LogP contribution in [0.15, 0.2) is 0 Å². The number of hydrogen-bond acceptors (Lipinski definition) is 1. The minimum absolute atomic E-state index is 0.469. The maximum atomic E-state index is 6.10. The summed E-state index contributed by atoms with van der Waals surface area (Å²) in [4.78, 5) is 0. The fourth-order valence-corrected chi connectivity index (χ4v) is 3.47. The van der Waals surface area contributed by atoms with E-state index in [0.29, 0.717) is 10.8 Å². The zero-order valence-electron chi connectivity index (χ0n) is 12.7. The van der Waals surface area contributed by atoms with Crippen LogP contribution in [0.5, 0.6) is 0 Å². The molecule has 2 N–H and O–H groups in total. The van der Waals surface area contributed by atoms with Crippen molar-refractivity contribution in [2.45, 2.75) is 73.1 Å². The average molecular weight is 239 g/mol. The molecule has 1 aliphatic carbocycles. The van der Waals surface area contributed by atoms with Crippen LogP contribution in [0, 0.1) is 22.7 Å². The molecule has 0 aliphatic heterocycles. The lowest BCUT2D eigenvalue weighted by Gasteiger charge is -2.44. The maximum Gasteiger partial charge on any atom is -0.00204 e. The normalized spacial score (nSPS) is 32.5. The summed E-state index contributed by atoms with van der Waals surface area (Å²) in [5.41, 5.74) is 7.05. The number of nitrogens with two attached hydrogens (primary N) is 1. The quantitative estimate of drug-likeness (QED) is 0.762. The van der Waals surface area contributed by atoms with E-state index in [2.05, 4.69) is 34.6 Å². The van der Waals surface area contributed by atoms with Crippen molar-refractivity contribution in [3.05, 3.63) is 0 Å². The van der Waals surface area contributed by atoms with Gasteiger partial charge >= 0.3 is 0 Å². The molecular formula is C16H33N. The van der Waals surface area contributed by atoms with Crippen LogP contribution in [0.3, 0.4) is 0 Å². The molecular weight excluding hydrogens is 206 g/mol. The Labute approximate surface area is 109 Å². The Kier molecular flexibility index (Phi) is 5.07. The van der Waals surface area contributed by atoms with E-state index < -0.39 is 0 Å². The average Bonchev–Trinajstić information content (AvgIpc) is 2.28. The lowest BCUT2D eigenvalue weighted by Crippen LogP contribution is -2.38. The standard InChI is InChI=1S/C16H33N/c1-6-13(2)11-16(12-17)9-7-14(8-10-16)15(3,4)5/h13-14H,6-12,17H2,1-5H3. The van der Waals surface area contributed by atoms with Gasteiger partial charge in [-0.25, -0.2) is 0 Å². The Balaban J connectivity index is 2.57. The summed E-state index contributed by atoms with van der Waals surface area (Å²) in [5, 5.41) is 0. The van der Waals surface area contributed by atoms with E-state index in [0.717, 1.165) is 18.4 Å². The first-order valence-electron chi connectivity index (χ1n) is 7.53. The molecule has 0 saturated heterocycles. The number of hydrogen-bond donors (Lipinski definition) is 1. The Bertz CT molecular complexity index is 218. The monoisotopic (exact) mass is 239 g/mol. The van der Waals surface area contributed by atoms with Gasteiger partial charge in [0.15, 0.2) is 0 Å². The summed E-state index contributed by atoms with van der Waals surface area (Å²) < 4.78 is 0. The third-order valence-electron chi connectivity index (χ3n) is 5.18. The summed E-state index contributed by atoms with van der Waals surface area (Å²) in [7, 11) is 0. The molecule has 0 heterocycles. The van der Waals surface area contributed by atoms with E-state index in [4.69, 9.17) is 5.73 Å². The highest BCUT2D eigenvalue weighted by Gasteiger charge is 2.38. The Morgan fingerprint density at radius 3 is 2.12 bits per heavy atom. The second-order valence-corrected chi connectivity index (χ2v) is 7.56. The first-order valence-corrected chi connectivity index (χ1v) is 7.53. The molecule has 1 saturated carbocycles. The van der Waals surface area contributed by atoms with Gasteiger partial charge in [0.05, 0.1) is 0 Å². The zero-order chi connectivity index (χ0) is 13.1. The third-order valence-corrected chi connectivity index (χ3v) is 5.18. The summed E-state index contributed by atoms with van der Waals surface area (Å²) in [6.07, 6.45) is 8.13. The van der Waals surface area contributed by atoms with Gasteiger partial charge < -0.3 is 5.73 Å². The van der Waals surface area contributed by atoms with Crippen LogP contribution in [-0.4, -0.2) is 6.54 Å². The van der Waals surface area contributed by atoms with E-state index in [-0.39, 0.29) is 0 Å². The third kappa shape index (κ3) is 3.98. The van der Waals surface area contributed by atoms with E-state index in [9.17, 15) is 0 Å². The van der Waals surface area contributed by atoms with Crippen LogP contribution in [0.4, 0.5) is 0 Å². The maximum absolute atomic E-state index is 6.10. The highest BCUT2D eigenvalue weighted by Crippen LogP contribution is 2.47. The lowest BCUT2D eigenvalue weighted by molar-refractivity contribution is 0.0744. The molecule has 0 amide bonds. The Morgan fingerprint density at radius 2 is 1.76 bits per heavy atom. The van der Waals surface area contributed by atoms with Crippen molar-refractivity contribution in [2.24, 2.45) is 28.4 Å². The van der Waals surface area contributed by atoms with Gasteiger partial charge in [0.1, 0.15) is 0 Å². The molecule has 0 spiro atoms. The molecule has 0 aromatic heterocycles. The van der Waals surface area contributed by atoms with Gasteiger partial charge in [0, 0.05) is 0 Å². The van der Waals surface area contributed by atoms with Gasteiger partial charge in [0.2, 0.25) is 0 Å². The van der Waals surface area contributed by atoms with Gasteiger partial charge in [-0.2, -0.15) is 0 Å². The van der Waals surface area contributed by atoms with Gasteiger partial charge in [0.25, 0.3) is 0 Å². The summed E-state index contributed by atoms with van der Waals surface area (Å²) in [6.45, 7) is 12.8. The smallest absolute Gasteiger partial charge is 0.00204 e. The largest absolute Gasteiger partial charge is 0.330 e. The minimum Gasteiger partial charge on any atom is -0.330 e. The van der Waals surface area contributed by atoms with Crippen molar-refractivity contribution in [1.29, 1.82) is 0 Å². The van der Waals surface area contributed by atoms with E-state index in [1.807, 2.05) is 0 Å². The lowest BCUT2D eigenvalue weighted by atomic mass is 9.62. The van der Waals surface area contributed by atoms with Crippen molar-refractivity contribution in [2.75, 3.05) is 6.54 Å². The fraction of sp³-hybridized carbons (Fsp3) is 1.00. The molecule has 0 aromatic carbocycles. The highest BCUT2D eigenvalue weighted by molar-refractivity contribution is 4.90. The minimum atomic E-state index is 0.469. The molecule has 0 radical (unpaired) electrons. The molecule has 1 aliphatic rings. The van der Waals surface area contributed by atoms with Crippen LogP contribution < -0.4 is 5.73 Å². The van der Waals surface area contributed by atoms with Crippen molar-refractivity contribution in [3.63, 3.8) is 0 Å². The van der Waals surface area contributed by atoms with Gasteiger partial charge in [-0.1, -0.05) is 41.0 Å². The molecule has 1 unspecified atom stereocenters. The van der Waals surface area contributed by atoms with Crippen LogP contribution in [0.1, 0.15) is 73.1 Å². The molecule has 102 valence electrons. The topological polar surface area (TPSA) is 26.0 Å². The van der Waals surface area contributed by atoms with Crippen LogP contribution in [0.2, 0.25) is 0 Å². The Hall–Kier alpha value is -0.0400. The summed E-state index contributed by atoms with van der Waals surface area (Å²) in [5.74, 6) is 1.74. The van der Waals surface area contributed by atoms with E-state index >= 15 is 0 Å². The molecule has 0 bridgehead atoms. The van der Waals surface area contributed by atoms with Crippen molar-refractivity contribution >= 4 is 0 Å². The summed E-state index contributed by atoms with van der Waals surface area (Å²) in [6, 6.07) is 0. The molecule has 1 nitrogen and oxygen atoms in total. The van der Waals surface area contributed by atoms with Crippen molar-refractivity contribution in [1.82, 2.24) is 0 Å². The molecule has 0 aromatic rings. The predicted molar refractivity (Wildman–Crippen MR) is 77.0 cm³/mol. The first-order chi connectivity index (χ1) is 7.83. The van der Waals surface area contributed by atoms with E-state index in [1.54, 1.807) is 0 Å². The first kappa shape index (κ1) is 15.0. The van der Waals surface area contributed by atoms with Crippen LogP contribution >= 0.6 is 0 Å². The molecule has 1 fully saturated rings. The van der Waals surface area contributed by atoms with Gasteiger partial charge in [-0.3, -0.25) is 0 Å². The SMILES string of the molecule is CCC(C)CC1(CN)CCC(C(C)(C)C)CC1. The van der Waals surface area contributed by atoms with Crippen molar-refractivity contribution < 1.29 is 0 Å². The fourth-order valence-electron chi connectivity index (χ4n) is 3.47. The van der Waals surface area contributed by atoms with E-state index in [1.165, 1.54) is 38.5 Å². The van der Waals surface area contributed by atoms with Crippen LogP contribution in [0.25, 0.3) is 0 Å². The predicted octanol–water partition coefficient (Wildman–Crippen LogP) is 4.60. The number of rotatable bonds is 4. The molecule has 1 atom stereocenters. The van der Waals surface area contributed by atoms with Gasteiger partial charge in [-0.15, -0.1) is 0 Å². The molecule has 1 rings (SSSR count). The summed E-state index contributed by atoms with van der Waals surface area (Å²) >= 11 is 0. The van der Waals surface area contributed by atoms with Gasteiger partial charge in [-0.05, 0) is 61.3 Å². The van der Waals surface area contributed by atoms with Crippen molar-refractivity contribution in [3.8, 4) is 0 Å². The zero-order valence-corrected chi connectivity index (χ0v) is 12.7.